The highest BCUT2D eigenvalue weighted by Crippen LogP contribution is 2.37. The van der Waals surface area contributed by atoms with Gasteiger partial charge in [0.05, 0.1) is 8.07 Å². The van der Waals surface area contributed by atoms with Crippen LogP contribution in [0.5, 0.6) is 0 Å². The lowest BCUT2D eigenvalue weighted by atomic mass is 10.4. The van der Waals surface area contributed by atoms with Crippen molar-refractivity contribution < 1.29 is 0 Å². The van der Waals surface area contributed by atoms with Gasteiger partial charge in [0, 0.05) is 0 Å². The van der Waals surface area contributed by atoms with Crippen LogP contribution in [0, 0.1) is 0 Å². The second-order valence-corrected chi connectivity index (χ2v) is 9.69. The first kappa shape index (κ1) is 12.8. The first-order chi connectivity index (χ1) is 7.33. The molecule has 0 aromatic heterocycles. The average molecular weight is 222 g/mol. The van der Waals surface area contributed by atoms with Gasteiger partial charge in [-0.05, 0) is 24.9 Å². The van der Waals surface area contributed by atoms with Gasteiger partial charge in [0.15, 0.2) is 0 Å². The zero-order valence-corrected chi connectivity index (χ0v) is 11.5. The highest BCUT2D eigenvalue weighted by atomic mass is 28.3. The molecule has 1 saturated heterocycles. The highest BCUT2D eigenvalue weighted by Gasteiger charge is 2.33. The van der Waals surface area contributed by atoms with Crippen molar-refractivity contribution in [2.24, 2.45) is 0 Å². The highest BCUT2D eigenvalue weighted by molar-refractivity contribution is 6.81. The molecule has 1 heteroatoms. The van der Waals surface area contributed by atoms with Crippen LogP contribution in [0.3, 0.4) is 0 Å². The molecule has 1 aliphatic heterocycles. The Morgan fingerprint density at radius 2 is 1.27 bits per heavy atom. The predicted octanol–water partition coefficient (Wildman–Crippen LogP) is 5.16. The Morgan fingerprint density at radius 1 is 0.800 bits per heavy atom. The van der Waals surface area contributed by atoms with E-state index in [2.05, 4.69) is 38.2 Å². The molecule has 86 valence electrons. The van der Waals surface area contributed by atoms with Crippen LogP contribution in [0.15, 0.2) is 24.3 Å². The maximum atomic E-state index is 2.47. The van der Waals surface area contributed by atoms with Gasteiger partial charge in [-0.25, -0.2) is 0 Å². The van der Waals surface area contributed by atoms with E-state index in [9.17, 15) is 0 Å². The van der Waals surface area contributed by atoms with E-state index in [-0.39, 0.29) is 0 Å². The van der Waals surface area contributed by atoms with Crippen LogP contribution in [0.1, 0.15) is 39.5 Å². The topological polar surface area (TPSA) is 0 Å². The second-order valence-electron chi connectivity index (χ2n) is 4.87. The normalized spacial score (nSPS) is 20.7. The van der Waals surface area contributed by atoms with Crippen LogP contribution >= 0.6 is 0 Å². The van der Waals surface area contributed by atoms with Crippen molar-refractivity contribution in [2.75, 3.05) is 0 Å². The fourth-order valence-electron chi connectivity index (χ4n) is 2.62. The van der Waals surface area contributed by atoms with Gasteiger partial charge in [-0.3, -0.25) is 0 Å². The zero-order chi connectivity index (χ0) is 11.0. The van der Waals surface area contributed by atoms with Gasteiger partial charge in [-0.1, -0.05) is 63.1 Å². The lowest BCUT2D eigenvalue weighted by Gasteiger charge is -2.23. The number of rotatable bonds is 6. The minimum absolute atomic E-state index is 0.880. The van der Waals surface area contributed by atoms with Crippen molar-refractivity contribution >= 4 is 8.07 Å². The predicted molar refractivity (Wildman–Crippen MR) is 73.1 cm³/mol. The van der Waals surface area contributed by atoms with Gasteiger partial charge in [-0.2, -0.15) is 0 Å². The van der Waals surface area contributed by atoms with Crippen molar-refractivity contribution in [3.63, 3.8) is 0 Å². The molecule has 0 aromatic carbocycles. The Kier molecular flexibility index (Phi) is 6.00. The van der Waals surface area contributed by atoms with Gasteiger partial charge < -0.3 is 0 Å². The molecule has 0 amide bonds. The van der Waals surface area contributed by atoms with E-state index in [1.165, 1.54) is 37.8 Å². The summed E-state index contributed by atoms with van der Waals surface area (Å²) >= 11 is 0. The summed E-state index contributed by atoms with van der Waals surface area (Å²) in [5.41, 5.74) is 0. The van der Waals surface area contributed by atoms with Crippen molar-refractivity contribution in [3.05, 3.63) is 24.3 Å². The Bertz CT molecular complexity index is 191. The van der Waals surface area contributed by atoms with Crippen LogP contribution in [-0.2, 0) is 0 Å². The summed E-state index contributed by atoms with van der Waals surface area (Å²) < 4.78 is 0. The number of hydrogen-bond acceptors (Lipinski definition) is 0. The number of allylic oxidation sites excluding steroid dienone is 4. The number of hydrogen-bond donors (Lipinski definition) is 0. The first-order valence-corrected chi connectivity index (χ1v) is 9.46. The molecule has 0 saturated carbocycles. The third-order valence-corrected chi connectivity index (χ3v) is 8.60. The average Bonchev–Trinajstić information content (AvgIpc) is 2.68. The Balaban J connectivity index is 2.46. The molecule has 0 aromatic rings. The molecule has 1 heterocycles. The van der Waals surface area contributed by atoms with E-state index in [0.717, 1.165) is 0 Å². The molecule has 1 fully saturated rings. The van der Waals surface area contributed by atoms with Crippen molar-refractivity contribution in [3.8, 4) is 0 Å². The summed E-state index contributed by atoms with van der Waals surface area (Å²) in [6, 6.07) is 6.04. The third kappa shape index (κ3) is 4.37. The smallest absolute Gasteiger partial charge is 0.0610 e. The lowest BCUT2D eigenvalue weighted by Crippen LogP contribution is -2.27. The van der Waals surface area contributed by atoms with Gasteiger partial charge >= 0.3 is 0 Å². The molecule has 0 radical (unpaired) electrons. The minimum Gasteiger partial charge on any atom is -0.0912 e. The Morgan fingerprint density at radius 3 is 1.67 bits per heavy atom. The monoisotopic (exact) mass is 222 g/mol. The fourth-order valence-corrected chi connectivity index (χ4v) is 7.18. The van der Waals surface area contributed by atoms with E-state index >= 15 is 0 Å². The van der Waals surface area contributed by atoms with E-state index in [1.54, 1.807) is 12.1 Å². The lowest BCUT2D eigenvalue weighted by molar-refractivity contribution is 0.935. The molecule has 0 unspecified atom stereocenters. The molecular formula is C14H26Si. The SMILES string of the molecule is CC/C=C/C[Si]1(C/C=C/CC)CCCC1. The van der Waals surface area contributed by atoms with E-state index in [0.29, 0.717) is 0 Å². The van der Waals surface area contributed by atoms with Gasteiger partial charge in [0.2, 0.25) is 0 Å². The standard InChI is InChI=1S/C14H26Si/c1-3-5-7-11-15(12-8-6-4-2)13-9-10-14-15/h5-8H,3-4,9-14H2,1-2H3/b7-5+,8-6+. The summed E-state index contributed by atoms with van der Waals surface area (Å²) in [6.45, 7) is 4.47. The van der Waals surface area contributed by atoms with E-state index in [1.807, 2.05) is 0 Å². The van der Waals surface area contributed by atoms with Gasteiger partial charge in [0.1, 0.15) is 0 Å². The van der Waals surface area contributed by atoms with Crippen molar-refractivity contribution in [1.82, 2.24) is 0 Å². The molecule has 15 heavy (non-hydrogen) atoms. The molecule has 0 aliphatic carbocycles. The van der Waals surface area contributed by atoms with E-state index in [4.69, 9.17) is 0 Å². The molecule has 0 atom stereocenters. The molecule has 1 aliphatic rings. The minimum atomic E-state index is -0.880. The molecule has 1 rings (SSSR count). The van der Waals surface area contributed by atoms with Crippen LogP contribution in [0.4, 0.5) is 0 Å². The summed E-state index contributed by atoms with van der Waals surface area (Å²) in [4.78, 5) is 0. The summed E-state index contributed by atoms with van der Waals surface area (Å²) in [6.07, 6.45) is 15.1. The summed E-state index contributed by atoms with van der Waals surface area (Å²) in [7, 11) is -0.880. The zero-order valence-electron chi connectivity index (χ0n) is 10.5. The van der Waals surface area contributed by atoms with Gasteiger partial charge in [-0.15, -0.1) is 0 Å². The quantitative estimate of drug-likeness (QED) is 0.430. The Labute approximate surface area is 96.5 Å². The molecular weight excluding hydrogens is 196 g/mol. The Hall–Kier alpha value is -0.303. The van der Waals surface area contributed by atoms with E-state index < -0.39 is 8.07 Å². The molecule has 0 N–H and O–H groups in total. The van der Waals surface area contributed by atoms with Crippen LogP contribution in [-0.4, -0.2) is 8.07 Å². The third-order valence-electron chi connectivity index (χ3n) is 3.57. The maximum Gasteiger partial charge on any atom is 0.0610 e. The molecule has 0 nitrogen and oxygen atoms in total. The van der Waals surface area contributed by atoms with Crippen LogP contribution < -0.4 is 0 Å². The van der Waals surface area contributed by atoms with Crippen molar-refractivity contribution in [2.45, 2.75) is 63.7 Å². The maximum absolute atomic E-state index is 2.47. The second kappa shape index (κ2) is 7.05. The van der Waals surface area contributed by atoms with Crippen LogP contribution in [0.2, 0.25) is 24.2 Å². The van der Waals surface area contributed by atoms with Gasteiger partial charge in [0.25, 0.3) is 0 Å². The first-order valence-electron chi connectivity index (χ1n) is 6.63. The van der Waals surface area contributed by atoms with Crippen molar-refractivity contribution in [1.29, 1.82) is 0 Å². The molecule has 0 bridgehead atoms. The largest absolute Gasteiger partial charge is 0.0912 e. The van der Waals surface area contributed by atoms with Crippen LogP contribution in [0.25, 0.3) is 0 Å². The summed E-state index contributed by atoms with van der Waals surface area (Å²) in [5.74, 6) is 0. The summed E-state index contributed by atoms with van der Waals surface area (Å²) in [5, 5.41) is 0. The fraction of sp³-hybridized carbons (Fsp3) is 0.714. The molecule has 0 spiro atoms.